The van der Waals surface area contributed by atoms with Gasteiger partial charge < -0.3 is 4.90 Å². The summed E-state index contributed by atoms with van der Waals surface area (Å²) in [5.41, 5.74) is 2.49. The van der Waals surface area contributed by atoms with E-state index in [4.69, 9.17) is 5.84 Å². The fourth-order valence-corrected chi connectivity index (χ4v) is 2.87. The minimum absolute atomic E-state index is 0.458. The Balaban J connectivity index is 2.09. The summed E-state index contributed by atoms with van der Waals surface area (Å²) in [7, 11) is 0. The van der Waals surface area contributed by atoms with E-state index in [9.17, 15) is 0 Å². The van der Waals surface area contributed by atoms with Crippen LogP contribution in [0.4, 0.5) is 11.8 Å². The highest BCUT2D eigenvalue weighted by Gasteiger charge is 2.23. The number of nitrogens with one attached hydrogen (secondary N) is 1. The summed E-state index contributed by atoms with van der Waals surface area (Å²) in [6.45, 7) is 6.69. The molecule has 0 aliphatic carbocycles. The zero-order valence-electron chi connectivity index (χ0n) is 10.9. The number of hydrazine groups is 1. The molecule has 6 heteroatoms. The van der Waals surface area contributed by atoms with Crippen LogP contribution in [0.25, 0.3) is 0 Å². The van der Waals surface area contributed by atoms with Gasteiger partial charge in [0.25, 0.3) is 0 Å². The summed E-state index contributed by atoms with van der Waals surface area (Å²) in [5.74, 6) is 8.33. The fraction of sp³-hybridized carbons (Fsp3) is 0.667. The van der Waals surface area contributed by atoms with Gasteiger partial charge in [0.1, 0.15) is 5.82 Å². The number of hydrogen-bond donors (Lipinski definition) is 2. The van der Waals surface area contributed by atoms with Crippen molar-refractivity contribution in [1.82, 2.24) is 9.97 Å². The largest absolute Gasteiger partial charge is 0.355 e. The zero-order valence-corrected chi connectivity index (χ0v) is 12.4. The monoisotopic (exact) mass is 313 g/mol. The molecule has 0 spiro atoms. The molecule has 0 atom stereocenters. The second-order valence-electron chi connectivity index (χ2n) is 5.08. The van der Waals surface area contributed by atoms with Crippen molar-refractivity contribution < 1.29 is 0 Å². The predicted molar refractivity (Wildman–Crippen MR) is 77.3 cm³/mol. The van der Waals surface area contributed by atoms with Crippen LogP contribution in [0.1, 0.15) is 26.7 Å². The molecule has 0 amide bonds. The Morgan fingerprint density at radius 2 is 2.11 bits per heavy atom. The third kappa shape index (κ3) is 2.92. The van der Waals surface area contributed by atoms with Crippen molar-refractivity contribution in [2.75, 3.05) is 23.4 Å². The molecule has 1 fully saturated rings. The van der Waals surface area contributed by atoms with E-state index in [1.165, 1.54) is 12.8 Å². The summed E-state index contributed by atoms with van der Waals surface area (Å²) < 4.78 is 0.921. The maximum Gasteiger partial charge on any atom is 0.239 e. The van der Waals surface area contributed by atoms with Crippen LogP contribution in [0.15, 0.2) is 10.7 Å². The molecule has 0 aromatic carbocycles. The van der Waals surface area contributed by atoms with Gasteiger partial charge in [0.2, 0.25) is 5.95 Å². The molecule has 3 N–H and O–H groups in total. The lowest BCUT2D eigenvalue weighted by atomic mass is 9.87. The van der Waals surface area contributed by atoms with Crippen LogP contribution in [0, 0.1) is 11.8 Å². The zero-order chi connectivity index (χ0) is 13.1. The standard InChI is InChI=1S/C12H20BrN5/c1-8(2)9-3-5-18(6-4-9)11-10(13)7-15-12(16-11)17-14/h7-9H,3-6,14H2,1-2H3,(H,15,16,17). The highest BCUT2D eigenvalue weighted by Crippen LogP contribution is 2.30. The van der Waals surface area contributed by atoms with Crippen LogP contribution in [-0.4, -0.2) is 23.1 Å². The Morgan fingerprint density at radius 1 is 1.44 bits per heavy atom. The van der Waals surface area contributed by atoms with Gasteiger partial charge in [-0.1, -0.05) is 13.8 Å². The Kier molecular flexibility index (Phi) is 4.40. The number of nitrogens with two attached hydrogens (primary N) is 1. The van der Waals surface area contributed by atoms with Crippen LogP contribution in [0.5, 0.6) is 0 Å². The van der Waals surface area contributed by atoms with Gasteiger partial charge in [-0.05, 0) is 40.6 Å². The highest BCUT2D eigenvalue weighted by atomic mass is 79.9. The third-order valence-corrected chi connectivity index (χ3v) is 4.20. The molecular formula is C12H20BrN5. The van der Waals surface area contributed by atoms with Crippen LogP contribution in [0.2, 0.25) is 0 Å². The van der Waals surface area contributed by atoms with E-state index in [0.29, 0.717) is 5.95 Å². The number of nitrogen functional groups attached to an aromatic ring is 1. The number of aromatic nitrogens is 2. The third-order valence-electron chi connectivity index (χ3n) is 3.64. The SMILES string of the molecule is CC(C)C1CCN(c2nc(NN)ncc2Br)CC1. The van der Waals surface area contributed by atoms with Gasteiger partial charge >= 0.3 is 0 Å². The summed E-state index contributed by atoms with van der Waals surface area (Å²) >= 11 is 3.50. The van der Waals surface area contributed by atoms with Crippen LogP contribution in [0.3, 0.4) is 0 Å². The van der Waals surface area contributed by atoms with Gasteiger partial charge in [-0.25, -0.2) is 10.8 Å². The van der Waals surface area contributed by atoms with E-state index in [0.717, 1.165) is 35.2 Å². The van der Waals surface area contributed by atoms with Crippen molar-refractivity contribution in [2.24, 2.45) is 17.7 Å². The van der Waals surface area contributed by atoms with Gasteiger partial charge in [-0.15, -0.1) is 0 Å². The van der Waals surface area contributed by atoms with E-state index in [1.54, 1.807) is 6.20 Å². The van der Waals surface area contributed by atoms with Crippen molar-refractivity contribution in [3.8, 4) is 0 Å². The molecule has 2 rings (SSSR count). The molecule has 1 aromatic rings. The Labute approximate surface area is 116 Å². The minimum Gasteiger partial charge on any atom is -0.355 e. The Bertz CT molecular complexity index is 401. The molecule has 1 aliphatic heterocycles. The van der Waals surface area contributed by atoms with Crippen molar-refractivity contribution in [1.29, 1.82) is 0 Å². The summed E-state index contributed by atoms with van der Waals surface area (Å²) in [5, 5.41) is 0. The number of hydrogen-bond acceptors (Lipinski definition) is 5. The van der Waals surface area contributed by atoms with Crippen molar-refractivity contribution in [3.05, 3.63) is 10.7 Å². The molecule has 1 saturated heterocycles. The lowest BCUT2D eigenvalue weighted by Crippen LogP contribution is -2.36. The van der Waals surface area contributed by atoms with Crippen LogP contribution in [-0.2, 0) is 0 Å². The average Bonchev–Trinajstić information content (AvgIpc) is 2.39. The van der Waals surface area contributed by atoms with Gasteiger partial charge in [0, 0.05) is 19.3 Å². The van der Waals surface area contributed by atoms with E-state index in [-0.39, 0.29) is 0 Å². The van der Waals surface area contributed by atoms with Crippen molar-refractivity contribution >= 4 is 27.7 Å². The summed E-state index contributed by atoms with van der Waals surface area (Å²) in [6.07, 6.45) is 4.19. The van der Waals surface area contributed by atoms with Crippen molar-refractivity contribution in [3.63, 3.8) is 0 Å². The first-order valence-electron chi connectivity index (χ1n) is 6.36. The Morgan fingerprint density at radius 3 is 2.67 bits per heavy atom. The van der Waals surface area contributed by atoms with Crippen molar-refractivity contribution in [2.45, 2.75) is 26.7 Å². The minimum atomic E-state index is 0.458. The summed E-state index contributed by atoms with van der Waals surface area (Å²) in [6, 6.07) is 0. The van der Waals surface area contributed by atoms with Crippen LogP contribution >= 0.6 is 15.9 Å². The van der Waals surface area contributed by atoms with Gasteiger partial charge in [-0.2, -0.15) is 4.98 Å². The maximum absolute atomic E-state index is 5.35. The molecule has 0 saturated carbocycles. The van der Waals surface area contributed by atoms with Gasteiger partial charge in [0.05, 0.1) is 4.47 Å². The van der Waals surface area contributed by atoms with Crippen LogP contribution < -0.4 is 16.2 Å². The molecular weight excluding hydrogens is 294 g/mol. The average molecular weight is 314 g/mol. The second-order valence-corrected chi connectivity index (χ2v) is 5.93. The predicted octanol–water partition coefficient (Wildman–Crippen LogP) is 2.40. The van der Waals surface area contributed by atoms with E-state index in [1.807, 2.05) is 0 Å². The van der Waals surface area contributed by atoms with E-state index >= 15 is 0 Å². The smallest absolute Gasteiger partial charge is 0.239 e. The number of halogens is 1. The molecule has 0 unspecified atom stereocenters. The summed E-state index contributed by atoms with van der Waals surface area (Å²) in [4.78, 5) is 10.8. The molecule has 2 heterocycles. The number of anilines is 2. The molecule has 1 aromatic heterocycles. The molecule has 0 bridgehead atoms. The first kappa shape index (κ1) is 13.5. The normalized spacial score (nSPS) is 17.3. The van der Waals surface area contributed by atoms with Gasteiger partial charge in [0.15, 0.2) is 0 Å². The van der Waals surface area contributed by atoms with Gasteiger partial charge in [-0.3, -0.25) is 5.43 Å². The molecule has 5 nitrogen and oxygen atoms in total. The number of rotatable bonds is 3. The molecule has 18 heavy (non-hydrogen) atoms. The first-order chi connectivity index (χ1) is 8.61. The Hall–Kier alpha value is -0.880. The number of nitrogens with zero attached hydrogens (tertiary/aromatic N) is 3. The number of piperidine rings is 1. The highest BCUT2D eigenvalue weighted by molar-refractivity contribution is 9.10. The lowest BCUT2D eigenvalue weighted by molar-refractivity contribution is 0.310. The maximum atomic E-state index is 5.35. The second kappa shape index (κ2) is 5.84. The lowest BCUT2D eigenvalue weighted by Gasteiger charge is -2.35. The quantitative estimate of drug-likeness (QED) is 0.662. The van der Waals surface area contributed by atoms with E-state index in [2.05, 4.69) is 50.1 Å². The fourth-order valence-electron chi connectivity index (χ4n) is 2.43. The molecule has 100 valence electrons. The topological polar surface area (TPSA) is 67.1 Å². The molecule has 0 radical (unpaired) electrons. The first-order valence-corrected chi connectivity index (χ1v) is 7.15. The molecule has 1 aliphatic rings. The van der Waals surface area contributed by atoms with E-state index < -0.39 is 0 Å².